The predicted octanol–water partition coefficient (Wildman–Crippen LogP) is 5.81. The van der Waals surface area contributed by atoms with Gasteiger partial charge in [-0.15, -0.1) is 0 Å². The molecule has 3 N–H and O–H groups in total. The third-order valence-corrected chi connectivity index (χ3v) is 8.71. The molecular weight excluding hydrogens is 545 g/mol. The molecule has 0 spiro atoms. The van der Waals surface area contributed by atoms with Gasteiger partial charge in [0.15, 0.2) is 0 Å². The van der Waals surface area contributed by atoms with Gasteiger partial charge in [-0.2, -0.15) is 13.2 Å². The Morgan fingerprint density at radius 3 is 2.05 bits per heavy atom. The first-order valence-electron chi connectivity index (χ1n) is 12.1. The van der Waals surface area contributed by atoms with Gasteiger partial charge in [-0.3, -0.25) is 9.52 Å². The van der Waals surface area contributed by atoms with Crippen LogP contribution in [-0.2, 0) is 25.0 Å². The summed E-state index contributed by atoms with van der Waals surface area (Å²) in [6, 6.07) is 12.1. The molecule has 0 aromatic heterocycles. The van der Waals surface area contributed by atoms with Crippen molar-refractivity contribution in [3.8, 4) is 0 Å². The number of alkyl halides is 3. The van der Waals surface area contributed by atoms with Gasteiger partial charge < -0.3 is 10.4 Å². The molecular formula is C26H30ClF3N2O5S. The van der Waals surface area contributed by atoms with E-state index in [0.717, 1.165) is 42.7 Å². The topological polar surface area (TPSA) is 113 Å². The molecule has 0 heterocycles. The molecule has 0 unspecified atom stereocenters. The van der Waals surface area contributed by atoms with Crippen molar-refractivity contribution < 1.29 is 36.3 Å². The maximum Gasteiger partial charge on any atom is 0.490 e. The lowest BCUT2D eigenvalue weighted by atomic mass is 9.86. The Bertz CT molecular complexity index is 1270. The van der Waals surface area contributed by atoms with Gasteiger partial charge in [0.05, 0.1) is 10.3 Å². The highest BCUT2D eigenvalue weighted by Gasteiger charge is 2.51. The number of carbonyl (C=O) groups is 2. The average molecular weight is 575 g/mol. The van der Waals surface area contributed by atoms with Gasteiger partial charge in [0, 0.05) is 16.8 Å². The second kappa shape index (κ2) is 11.5. The van der Waals surface area contributed by atoms with Crippen LogP contribution in [0, 0.1) is 12.8 Å². The number of hydrogen-bond donors (Lipinski definition) is 3. The average Bonchev–Trinajstić information content (AvgIpc) is 3.64. The van der Waals surface area contributed by atoms with Gasteiger partial charge in [0.2, 0.25) is 5.91 Å². The van der Waals surface area contributed by atoms with E-state index in [-0.39, 0.29) is 16.8 Å². The van der Waals surface area contributed by atoms with Gasteiger partial charge in [-0.05, 0) is 86.8 Å². The Balaban J connectivity index is 0.000000505. The van der Waals surface area contributed by atoms with Crippen LogP contribution < -0.4 is 10.0 Å². The number of anilines is 1. The molecule has 2 saturated carbocycles. The molecule has 7 nitrogen and oxygen atoms in total. The Labute approximate surface area is 224 Å². The molecule has 38 heavy (non-hydrogen) atoms. The number of aryl methyl sites for hydroxylation is 1. The lowest BCUT2D eigenvalue weighted by Crippen LogP contribution is -2.43. The normalized spacial score (nSPS) is 20.5. The molecule has 12 heteroatoms. The first-order chi connectivity index (χ1) is 17.6. The number of carboxylic acids is 1. The van der Waals surface area contributed by atoms with E-state index in [4.69, 9.17) is 21.5 Å². The Kier molecular flexibility index (Phi) is 9.03. The third kappa shape index (κ3) is 7.41. The Hall–Kier alpha value is -2.79. The molecule has 0 bridgehead atoms. The molecule has 208 valence electrons. The first-order valence-corrected chi connectivity index (χ1v) is 14.0. The number of benzene rings is 2. The zero-order chi connectivity index (χ0) is 28.3. The second-order valence-electron chi connectivity index (χ2n) is 9.91. The fraction of sp³-hybridized carbons (Fsp3) is 0.462. The van der Waals surface area contributed by atoms with Crippen molar-refractivity contribution >= 4 is 39.2 Å². The number of aliphatic carboxylic acids is 1. The van der Waals surface area contributed by atoms with E-state index in [2.05, 4.69) is 17.0 Å². The van der Waals surface area contributed by atoms with Crippen molar-refractivity contribution in [2.75, 3.05) is 4.72 Å². The molecule has 0 saturated heterocycles. The minimum atomic E-state index is -5.08. The van der Waals surface area contributed by atoms with Crippen molar-refractivity contribution in [1.82, 2.24) is 5.32 Å². The summed E-state index contributed by atoms with van der Waals surface area (Å²) in [5, 5.41) is 10.8. The maximum absolute atomic E-state index is 13.0. The zero-order valence-corrected chi connectivity index (χ0v) is 22.5. The number of carbonyl (C=O) groups excluding carboxylic acids is 1. The molecule has 1 amide bonds. The molecule has 2 aliphatic rings. The van der Waals surface area contributed by atoms with E-state index in [0.29, 0.717) is 10.7 Å². The van der Waals surface area contributed by atoms with E-state index in [9.17, 15) is 26.4 Å². The van der Waals surface area contributed by atoms with E-state index >= 15 is 0 Å². The van der Waals surface area contributed by atoms with E-state index < -0.39 is 27.6 Å². The number of nitrogens with one attached hydrogen (secondary N) is 2. The van der Waals surface area contributed by atoms with Crippen LogP contribution in [0.25, 0.3) is 0 Å². The number of hydrogen-bond acceptors (Lipinski definition) is 4. The van der Waals surface area contributed by atoms with Crippen molar-refractivity contribution in [2.45, 2.75) is 74.9 Å². The molecule has 0 radical (unpaired) electrons. The fourth-order valence-corrected chi connectivity index (χ4v) is 5.64. The van der Waals surface area contributed by atoms with Crippen LogP contribution in [0.5, 0.6) is 0 Å². The number of rotatable bonds is 6. The van der Waals surface area contributed by atoms with Crippen molar-refractivity contribution in [3.63, 3.8) is 0 Å². The molecule has 2 aliphatic carbocycles. The molecule has 2 fully saturated rings. The summed E-state index contributed by atoms with van der Waals surface area (Å²) in [6.45, 7) is 4.09. The largest absolute Gasteiger partial charge is 0.490 e. The molecule has 4 rings (SSSR count). The minimum absolute atomic E-state index is 0.106. The summed E-state index contributed by atoms with van der Waals surface area (Å²) in [6.07, 6.45) is 1.00. The zero-order valence-electron chi connectivity index (χ0n) is 20.9. The van der Waals surface area contributed by atoms with Gasteiger partial charge >= 0.3 is 12.1 Å². The Morgan fingerprint density at radius 2 is 1.58 bits per heavy atom. The highest BCUT2D eigenvalue weighted by atomic mass is 35.5. The highest BCUT2D eigenvalue weighted by molar-refractivity contribution is 7.92. The van der Waals surface area contributed by atoms with Gasteiger partial charge in [0.1, 0.15) is 0 Å². The number of sulfonamides is 1. The van der Waals surface area contributed by atoms with Crippen LogP contribution in [0.1, 0.15) is 56.6 Å². The van der Waals surface area contributed by atoms with Crippen LogP contribution >= 0.6 is 11.6 Å². The van der Waals surface area contributed by atoms with Crippen LogP contribution in [-0.4, -0.2) is 37.6 Å². The number of halogens is 4. The van der Waals surface area contributed by atoms with E-state index in [1.807, 2.05) is 19.1 Å². The quantitative estimate of drug-likeness (QED) is 0.403. The number of carboxylic acid groups (broad SMARTS) is 1. The van der Waals surface area contributed by atoms with Gasteiger partial charge in [-0.1, -0.05) is 36.7 Å². The molecule has 2 aromatic rings. The summed E-state index contributed by atoms with van der Waals surface area (Å²) in [4.78, 5) is 22.0. The monoisotopic (exact) mass is 574 g/mol. The number of amides is 1. The van der Waals surface area contributed by atoms with Crippen molar-refractivity contribution in [1.29, 1.82) is 0 Å². The molecule has 2 aromatic carbocycles. The van der Waals surface area contributed by atoms with Crippen LogP contribution in [0.3, 0.4) is 0 Å². The van der Waals surface area contributed by atoms with Crippen molar-refractivity contribution in [3.05, 3.63) is 58.6 Å². The third-order valence-electron chi connectivity index (χ3n) is 6.92. The van der Waals surface area contributed by atoms with E-state index in [1.165, 1.54) is 25.0 Å². The van der Waals surface area contributed by atoms with Crippen molar-refractivity contribution in [2.24, 2.45) is 5.92 Å². The Morgan fingerprint density at radius 1 is 1.03 bits per heavy atom. The molecule has 0 atom stereocenters. The van der Waals surface area contributed by atoms with Gasteiger partial charge in [-0.25, -0.2) is 13.2 Å². The minimum Gasteiger partial charge on any atom is -0.475 e. The summed E-state index contributed by atoms with van der Waals surface area (Å²) in [7, 11) is -3.74. The summed E-state index contributed by atoms with van der Waals surface area (Å²) >= 11 is 6.08. The first kappa shape index (κ1) is 29.8. The summed E-state index contributed by atoms with van der Waals surface area (Å²) < 4.78 is 59.7. The SMILES string of the molecule is Cc1ccc(S(=O)(=O)Nc2ccc(C3(C(=O)NC4CCC(C)CC4)CC3)cc2)cc1Cl.O=C(O)C(F)(F)F. The lowest BCUT2D eigenvalue weighted by Gasteiger charge is -2.28. The smallest absolute Gasteiger partial charge is 0.475 e. The van der Waals surface area contributed by atoms with Crippen LogP contribution in [0.4, 0.5) is 18.9 Å². The van der Waals surface area contributed by atoms with E-state index in [1.54, 1.807) is 18.2 Å². The fourth-order valence-electron chi connectivity index (χ4n) is 4.31. The highest BCUT2D eigenvalue weighted by Crippen LogP contribution is 2.49. The van der Waals surface area contributed by atoms with Crippen LogP contribution in [0.2, 0.25) is 5.02 Å². The predicted molar refractivity (Wildman–Crippen MR) is 138 cm³/mol. The molecule has 0 aliphatic heterocycles. The second-order valence-corrected chi connectivity index (χ2v) is 12.0. The van der Waals surface area contributed by atoms with Crippen LogP contribution in [0.15, 0.2) is 47.4 Å². The summed E-state index contributed by atoms with van der Waals surface area (Å²) in [5.41, 5.74) is 1.75. The lowest BCUT2D eigenvalue weighted by molar-refractivity contribution is -0.192. The van der Waals surface area contributed by atoms with Gasteiger partial charge in [0.25, 0.3) is 10.0 Å². The standard InChI is InChI=1S/C24H29ClN2O3S.C2HF3O2/c1-16-3-8-19(9-4-16)26-23(28)24(13-14-24)18-6-10-20(11-7-18)27-31(29,30)21-12-5-17(2)22(25)15-21;3-2(4,5)1(6)7/h5-7,10-12,15-16,19,27H,3-4,8-9,13-14H2,1-2H3,(H,26,28);(H,6,7). The maximum atomic E-state index is 13.0. The summed E-state index contributed by atoms with van der Waals surface area (Å²) in [5.74, 6) is -1.91.